The van der Waals surface area contributed by atoms with Gasteiger partial charge < -0.3 is 10.6 Å². The smallest absolute Gasteiger partial charge is 0.391 e. The van der Waals surface area contributed by atoms with Crippen LogP contribution in [-0.4, -0.2) is 35.1 Å². The van der Waals surface area contributed by atoms with Crippen molar-refractivity contribution in [2.75, 3.05) is 18.8 Å². The van der Waals surface area contributed by atoms with E-state index in [9.17, 15) is 18.0 Å². The number of hydrogen-bond acceptors (Lipinski definition) is 3. The number of nitrogens with two attached hydrogens (primary N) is 1. The number of piperidine rings is 1. The van der Waals surface area contributed by atoms with Gasteiger partial charge >= 0.3 is 6.18 Å². The maximum atomic E-state index is 12.5. The van der Waals surface area contributed by atoms with Crippen molar-refractivity contribution in [3.8, 4) is 0 Å². The van der Waals surface area contributed by atoms with Gasteiger partial charge in [0, 0.05) is 31.2 Å². The lowest BCUT2D eigenvalue weighted by Crippen LogP contribution is -2.42. The highest BCUT2D eigenvalue weighted by Crippen LogP contribution is 2.34. The predicted molar refractivity (Wildman–Crippen MR) is 70.6 cm³/mol. The quantitative estimate of drug-likeness (QED) is 0.867. The van der Waals surface area contributed by atoms with Crippen molar-refractivity contribution in [3.05, 3.63) is 24.0 Å². The topological polar surface area (TPSA) is 59.2 Å². The number of nitrogen functional groups attached to an aromatic ring is 1. The van der Waals surface area contributed by atoms with Gasteiger partial charge in [-0.3, -0.25) is 9.78 Å². The van der Waals surface area contributed by atoms with Crippen LogP contribution in [-0.2, 0) is 0 Å². The van der Waals surface area contributed by atoms with Gasteiger partial charge in [-0.2, -0.15) is 13.2 Å². The van der Waals surface area contributed by atoms with Crippen molar-refractivity contribution in [2.24, 2.45) is 5.92 Å². The van der Waals surface area contributed by atoms with Gasteiger partial charge in [-0.1, -0.05) is 0 Å². The second-order valence-corrected chi connectivity index (χ2v) is 4.57. The molecule has 2 rings (SSSR count). The summed E-state index contributed by atoms with van der Waals surface area (Å²) in [6.45, 7) is 0.189. The van der Waals surface area contributed by atoms with Gasteiger partial charge in [-0.05, 0) is 18.9 Å². The summed E-state index contributed by atoms with van der Waals surface area (Å²) in [5, 5.41) is 0. The van der Waals surface area contributed by atoms with Crippen LogP contribution in [0.1, 0.15) is 23.2 Å². The summed E-state index contributed by atoms with van der Waals surface area (Å²) < 4.78 is 37.6. The first-order chi connectivity index (χ1) is 8.89. The molecule has 0 radical (unpaired) electrons. The Balaban J connectivity index is 0.00000200. The Morgan fingerprint density at radius 3 is 2.45 bits per heavy atom. The average molecular weight is 310 g/mol. The molecular formula is C12H15ClF3N3O. The van der Waals surface area contributed by atoms with Crippen LogP contribution in [0.25, 0.3) is 0 Å². The van der Waals surface area contributed by atoms with E-state index in [1.807, 2.05) is 0 Å². The predicted octanol–water partition coefficient (Wildman–Crippen LogP) is 2.50. The molecule has 0 bridgehead atoms. The third kappa shape index (κ3) is 3.53. The number of carbonyl (C=O) groups excluding carboxylic acids is 1. The number of likely N-dealkylation sites (tertiary alicyclic amines) is 1. The Labute approximate surface area is 120 Å². The molecule has 20 heavy (non-hydrogen) atoms. The van der Waals surface area contributed by atoms with Crippen molar-refractivity contribution >= 4 is 24.0 Å². The lowest BCUT2D eigenvalue weighted by Gasteiger charge is -2.33. The van der Waals surface area contributed by atoms with E-state index < -0.39 is 12.1 Å². The number of aromatic nitrogens is 1. The number of anilines is 1. The molecule has 0 aliphatic carbocycles. The molecule has 4 nitrogen and oxygen atoms in total. The van der Waals surface area contributed by atoms with Gasteiger partial charge in [0.05, 0.1) is 11.5 Å². The SMILES string of the molecule is Cl.Nc1ccncc1C(=O)N1CCC(C(F)(F)F)CC1. The Hall–Kier alpha value is -1.50. The normalized spacial score (nSPS) is 16.6. The molecule has 8 heteroatoms. The fourth-order valence-corrected chi connectivity index (χ4v) is 2.16. The lowest BCUT2D eigenvalue weighted by atomic mass is 9.96. The van der Waals surface area contributed by atoms with Crippen molar-refractivity contribution in [2.45, 2.75) is 19.0 Å². The van der Waals surface area contributed by atoms with Crippen molar-refractivity contribution < 1.29 is 18.0 Å². The molecule has 1 fully saturated rings. The maximum Gasteiger partial charge on any atom is 0.391 e. The lowest BCUT2D eigenvalue weighted by molar-refractivity contribution is -0.183. The molecule has 1 aliphatic rings. The van der Waals surface area contributed by atoms with Crippen molar-refractivity contribution in [1.29, 1.82) is 0 Å². The molecule has 2 N–H and O–H groups in total. The fourth-order valence-electron chi connectivity index (χ4n) is 2.16. The van der Waals surface area contributed by atoms with Gasteiger partial charge in [0.2, 0.25) is 0 Å². The zero-order valence-corrected chi connectivity index (χ0v) is 11.4. The number of amides is 1. The van der Waals surface area contributed by atoms with E-state index in [0.717, 1.165) is 0 Å². The molecule has 0 saturated carbocycles. The van der Waals surface area contributed by atoms with Gasteiger partial charge in [-0.15, -0.1) is 12.4 Å². The molecule has 112 valence electrons. The highest BCUT2D eigenvalue weighted by Gasteiger charge is 2.41. The van der Waals surface area contributed by atoms with E-state index in [0.29, 0.717) is 0 Å². The first-order valence-corrected chi connectivity index (χ1v) is 5.95. The third-order valence-corrected chi connectivity index (χ3v) is 3.33. The van der Waals surface area contributed by atoms with Crippen LogP contribution >= 0.6 is 12.4 Å². The second kappa shape index (κ2) is 6.30. The number of carbonyl (C=O) groups is 1. The van der Waals surface area contributed by atoms with Gasteiger partial charge in [0.15, 0.2) is 0 Å². The molecule has 1 amide bonds. The summed E-state index contributed by atoms with van der Waals surface area (Å²) in [4.78, 5) is 17.3. The Morgan fingerprint density at radius 1 is 1.35 bits per heavy atom. The highest BCUT2D eigenvalue weighted by molar-refractivity contribution is 5.98. The number of halogens is 4. The third-order valence-electron chi connectivity index (χ3n) is 3.33. The van der Waals surface area contributed by atoms with Crippen LogP contribution in [0.15, 0.2) is 18.5 Å². The molecule has 0 atom stereocenters. The first kappa shape index (κ1) is 16.6. The zero-order chi connectivity index (χ0) is 14.0. The molecule has 0 unspecified atom stereocenters. The Kier molecular flexibility index (Phi) is 5.21. The monoisotopic (exact) mass is 309 g/mol. The highest BCUT2D eigenvalue weighted by atomic mass is 35.5. The van der Waals surface area contributed by atoms with Gasteiger partial charge in [-0.25, -0.2) is 0 Å². The fraction of sp³-hybridized carbons (Fsp3) is 0.500. The van der Waals surface area contributed by atoms with E-state index in [1.165, 1.54) is 23.4 Å². The first-order valence-electron chi connectivity index (χ1n) is 5.95. The summed E-state index contributed by atoms with van der Waals surface area (Å²) >= 11 is 0. The molecule has 1 aromatic rings. The number of rotatable bonds is 1. The second-order valence-electron chi connectivity index (χ2n) is 4.57. The zero-order valence-electron chi connectivity index (χ0n) is 10.6. The minimum absolute atomic E-state index is 0. The standard InChI is InChI=1S/C12H14F3N3O.ClH/c13-12(14,15)8-2-5-18(6-3-8)11(19)9-7-17-4-1-10(9)16;/h1,4,7-8H,2-3,5-6H2,(H2,16,17);1H. The van der Waals surface area contributed by atoms with E-state index in [-0.39, 0.29) is 55.5 Å². The van der Waals surface area contributed by atoms with Crippen LogP contribution in [0.2, 0.25) is 0 Å². The molecule has 1 aromatic heterocycles. The average Bonchev–Trinajstić information content (AvgIpc) is 2.38. The Bertz CT molecular complexity index is 473. The minimum Gasteiger partial charge on any atom is -0.398 e. The van der Waals surface area contributed by atoms with E-state index in [4.69, 9.17) is 5.73 Å². The number of pyridine rings is 1. The number of alkyl halides is 3. The van der Waals surface area contributed by atoms with Crippen LogP contribution in [0.4, 0.5) is 18.9 Å². The molecule has 1 aliphatic heterocycles. The number of nitrogens with zero attached hydrogens (tertiary/aromatic N) is 2. The van der Waals surface area contributed by atoms with Crippen molar-refractivity contribution in [1.82, 2.24) is 9.88 Å². The summed E-state index contributed by atoms with van der Waals surface area (Å²) in [5.41, 5.74) is 6.19. The molecular weight excluding hydrogens is 295 g/mol. The van der Waals surface area contributed by atoms with E-state index >= 15 is 0 Å². The molecule has 1 saturated heterocycles. The van der Waals surface area contributed by atoms with Gasteiger partial charge in [0.1, 0.15) is 0 Å². The van der Waals surface area contributed by atoms with Crippen LogP contribution in [0.5, 0.6) is 0 Å². The number of hydrogen-bond donors (Lipinski definition) is 1. The van der Waals surface area contributed by atoms with Crippen LogP contribution < -0.4 is 5.73 Å². The minimum atomic E-state index is -4.18. The van der Waals surface area contributed by atoms with E-state index in [1.54, 1.807) is 0 Å². The van der Waals surface area contributed by atoms with Crippen LogP contribution in [0, 0.1) is 5.92 Å². The molecule has 2 heterocycles. The summed E-state index contributed by atoms with van der Waals surface area (Å²) in [7, 11) is 0. The largest absolute Gasteiger partial charge is 0.398 e. The van der Waals surface area contributed by atoms with Gasteiger partial charge in [0.25, 0.3) is 5.91 Å². The van der Waals surface area contributed by atoms with Crippen molar-refractivity contribution in [3.63, 3.8) is 0 Å². The molecule has 0 spiro atoms. The maximum absolute atomic E-state index is 12.5. The summed E-state index contributed by atoms with van der Waals surface area (Å²) in [6.07, 6.45) is -1.50. The van der Waals surface area contributed by atoms with Crippen LogP contribution in [0.3, 0.4) is 0 Å². The van der Waals surface area contributed by atoms with E-state index in [2.05, 4.69) is 4.98 Å². The summed E-state index contributed by atoms with van der Waals surface area (Å²) in [5.74, 6) is -1.67. The molecule has 0 aromatic carbocycles. The Morgan fingerprint density at radius 2 is 1.95 bits per heavy atom. The summed E-state index contributed by atoms with van der Waals surface area (Å²) in [6, 6.07) is 1.50.